The van der Waals surface area contributed by atoms with E-state index in [9.17, 15) is 8.42 Å². The van der Waals surface area contributed by atoms with Gasteiger partial charge in [-0.2, -0.15) is 0 Å². The van der Waals surface area contributed by atoms with Crippen LogP contribution in [0.25, 0.3) is 0 Å². The molecule has 0 radical (unpaired) electrons. The maximum absolute atomic E-state index is 12.1. The van der Waals surface area contributed by atoms with Crippen LogP contribution in [0.2, 0.25) is 5.15 Å². The molecule has 1 aromatic heterocycles. The van der Waals surface area contributed by atoms with Crippen LogP contribution >= 0.6 is 27.5 Å². The van der Waals surface area contributed by atoms with Gasteiger partial charge in [0.2, 0.25) is 0 Å². The van der Waals surface area contributed by atoms with Crippen molar-refractivity contribution in [1.29, 1.82) is 0 Å². The van der Waals surface area contributed by atoms with Gasteiger partial charge in [-0.3, -0.25) is 4.72 Å². The van der Waals surface area contributed by atoms with Gasteiger partial charge in [0.05, 0.1) is 4.90 Å². The van der Waals surface area contributed by atoms with Gasteiger partial charge < -0.3 is 5.73 Å². The second-order valence-corrected chi connectivity index (χ2v) is 6.44. The van der Waals surface area contributed by atoms with Crippen molar-refractivity contribution in [3.63, 3.8) is 0 Å². The number of aromatic nitrogens is 2. The summed E-state index contributed by atoms with van der Waals surface area (Å²) in [5.74, 6) is 0.0847. The Bertz CT molecular complexity index is 723. The number of nitrogens with zero attached hydrogens (tertiary/aromatic N) is 2. The number of hydrogen-bond donors (Lipinski definition) is 2. The highest BCUT2D eigenvalue weighted by atomic mass is 79.9. The number of nitrogens with one attached hydrogen (secondary N) is 1. The zero-order valence-corrected chi connectivity index (χ0v) is 12.5. The first-order chi connectivity index (χ1) is 8.88. The van der Waals surface area contributed by atoms with Crippen molar-refractivity contribution >= 4 is 49.1 Å². The summed E-state index contributed by atoms with van der Waals surface area (Å²) in [7, 11) is -3.77. The van der Waals surface area contributed by atoms with E-state index in [-0.39, 0.29) is 15.9 Å². The van der Waals surface area contributed by atoms with Crippen molar-refractivity contribution in [2.75, 3.05) is 10.5 Å². The Morgan fingerprint density at radius 3 is 2.63 bits per heavy atom. The fourth-order valence-electron chi connectivity index (χ4n) is 1.27. The average Bonchev–Trinajstić information content (AvgIpc) is 2.32. The van der Waals surface area contributed by atoms with E-state index in [1.807, 2.05) is 0 Å². The largest absolute Gasteiger partial charge is 0.398 e. The summed E-state index contributed by atoms with van der Waals surface area (Å²) in [6.45, 7) is 0. The molecule has 0 saturated heterocycles. The van der Waals surface area contributed by atoms with Crippen LogP contribution < -0.4 is 10.5 Å². The number of rotatable bonds is 3. The molecule has 6 nitrogen and oxygen atoms in total. The Labute approximate surface area is 123 Å². The van der Waals surface area contributed by atoms with Crippen molar-refractivity contribution in [1.82, 2.24) is 9.97 Å². The Balaban J connectivity index is 2.35. The van der Waals surface area contributed by atoms with Gasteiger partial charge in [-0.1, -0.05) is 11.6 Å². The third-order valence-corrected chi connectivity index (χ3v) is 4.43. The number of benzene rings is 1. The predicted octanol–water partition coefficient (Wildman–Crippen LogP) is 2.28. The van der Waals surface area contributed by atoms with Crippen LogP contribution in [-0.4, -0.2) is 18.4 Å². The molecule has 3 N–H and O–H groups in total. The van der Waals surface area contributed by atoms with Gasteiger partial charge in [0.25, 0.3) is 10.0 Å². The molecule has 9 heteroatoms. The zero-order valence-electron chi connectivity index (χ0n) is 9.34. The van der Waals surface area contributed by atoms with Crippen LogP contribution in [0, 0.1) is 0 Å². The van der Waals surface area contributed by atoms with Crippen LogP contribution in [0.15, 0.2) is 40.0 Å². The van der Waals surface area contributed by atoms with Gasteiger partial charge in [-0.15, -0.1) is 0 Å². The second kappa shape index (κ2) is 5.32. The molecule has 0 aliphatic heterocycles. The quantitative estimate of drug-likeness (QED) is 0.644. The lowest BCUT2D eigenvalue weighted by Gasteiger charge is -2.08. The highest BCUT2D eigenvalue weighted by Gasteiger charge is 2.16. The molecule has 2 rings (SSSR count). The fourth-order valence-corrected chi connectivity index (χ4v) is 2.70. The third-order valence-electron chi connectivity index (χ3n) is 2.15. The lowest BCUT2D eigenvalue weighted by atomic mass is 10.3. The first kappa shape index (κ1) is 14.0. The standard InChI is InChI=1S/C10H8BrClN4O2S/c11-7-2-1-6(3-8(7)13)19(17,18)16-10-4-9(12)14-5-15-10/h1-5H,13H2,(H,14,15,16). The molecule has 19 heavy (non-hydrogen) atoms. The smallest absolute Gasteiger partial charge is 0.263 e. The van der Waals surface area contributed by atoms with Crippen LogP contribution in [0.4, 0.5) is 11.5 Å². The number of sulfonamides is 1. The molecule has 0 saturated carbocycles. The van der Waals surface area contributed by atoms with Crippen molar-refractivity contribution in [2.45, 2.75) is 4.90 Å². The molecular weight excluding hydrogens is 356 g/mol. The predicted molar refractivity (Wildman–Crippen MR) is 76.4 cm³/mol. The maximum Gasteiger partial charge on any atom is 0.263 e. The van der Waals surface area contributed by atoms with Crippen molar-refractivity contribution in [2.24, 2.45) is 0 Å². The molecule has 0 amide bonds. The lowest BCUT2D eigenvalue weighted by molar-refractivity contribution is 0.601. The molecule has 0 atom stereocenters. The first-order valence-electron chi connectivity index (χ1n) is 4.94. The topological polar surface area (TPSA) is 98.0 Å². The summed E-state index contributed by atoms with van der Waals surface area (Å²) in [6.07, 6.45) is 1.16. The lowest BCUT2D eigenvalue weighted by Crippen LogP contribution is -2.14. The minimum atomic E-state index is -3.77. The molecule has 2 aromatic rings. The van der Waals surface area contributed by atoms with E-state index in [0.29, 0.717) is 10.2 Å². The van der Waals surface area contributed by atoms with Gasteiger partial charge in [-0.05, 0) is 34.1 Å². The number of nitrogens with two attached hydrogens (primary N) is 1. The highest BCUT2D eigenvalue weighted by Crippen LogP contribution is 2.24. The van der Waals surface area contributed by atoms with Crippen LogP contribution in [-0.2, 0) is 10.0 Å². The Morgan fingerprint density at radius 2 is 2.00 bits per heavy atom. The summed E-state index contributed by atoms with van der Waals surface area (Å²) in [5.41, 5.74) is 5.97. The van der Waals surface area contributed by atoms with Crippen molar-refractivity contribution in [3.05, 3.63) is 40.2 Å². The van der Waals surface area contributed by atoms with E-state index in [4.69, 9.17) is 17.3 Å². The van der Waals surface area contributed by atoms with Crippen LogP contribution in [0.3, 0.4) is 0 Å². The third kappa shape index (κ3) is 3.34. The van der Waals surface area contributed by atoms with Gasteiger partial charge in [0.1, 0.15) is 17.3 Å². The van der Waals surface area contributed by atoms with Gasteiger partial charge >= 0.3 is 0 Å². The number of anilines is 2. The molecule has 0 bridgehead atoms. The molecule has 0 fully saturated rings. The second-order valence-electron chi connectivity index (χ2n) is 3.51. The van der Waals surface area contributed by atoms with E-state index in [2.05, 4.69) is 30.6 Å². The van der Waals surface area contributed by atoms with Gasteiger partial charge in [0, 0.05) is 16.2 Å². The SMILES string of the molecule is Nc1cc(S(=O)(=O)Nc2cc(Cl)ncn2)ccc1Br. The molecule has 0 spiro atoms. The summed E-state index contributed by atoms with van der Waals surface area (Å²) in [6, 6.07) is 5.62. The minimum absolute atomic E-state index is 0.0305. The number of nitrogen functional groups attached to an aromatic ring is 1. The highest BCUT2D eigenvalue weighted by molar-refractivity contribution is 9.10. The summed E-state index contributed by atoms with van der Waals surface area (Å²) in [5, 5.41) is 0.142. The normalized spacial score (nSPS) is 11.3. The van der Waals surface area contributed by atoms with Crippen LogP contribution in [0.5, 0.6) is 0 Å². The molecule has 0 unspecified atom stereocenters. The van der Waals surface area contributed by atoms with E-state index in [0.717, 1.165) is 6.33 Å². The average molecular weight is 364 g/mol. The number of hydrogen-bond acceptors (Lipinski definition) is 5. The summed E-state index contributed by atoms with van der Waals surface area (Å²) >= 11 is 8.85. The van der Waals surface area contributed by atoms with Gasteiger partial charge in [-0.25, -0.2) is 18.4 Å². The van der Waals surface area contributed by atoms with Crippen molar-refractivity contribution in [3.8, 4) is 0 Å². The molecular formula is C10H8BrClN4O2S. The molecule has 100 valence electrons. The molecule has 0 aliphatic rings. The first-order valence-corrected chi connectivity index (χ1v) is 7.59. The van der Waals surface area contributed by atoms with Crippen LogP contribution in [0.1, 0.15) is 0 Å². The monoisotopic (exact) mass is 362 g/mol. The fraction of sp³-hybridized carbons (Fsp3) is 0. The number of halogens is 2. The minimum Gasteiger partial charge on any atom is -0.398 e. The van der Waals surface area contributed by atoms with E-state index >= 15 is 0 Å². The van der Waals surface area contributed by atoms with E-state index in [1.54, 1.807) is 6.07 Å². The zero-order chi connectivity index (χ0) is 14.0. The van der Waals surface area contributed by atoms with Gasteiger partial charge in [0.15, 0.2) is 0 Å². The molecule has 0 aliphatic carbocycles. The summed E-state index contributed by atoms with van der Waals surface area (Å²) < 4.78 is 27.1. The summed E-state index contributed by atoms with van der Waals surface area (Å²) in [4.78, 5) is 7.46. The van der Waals surface area contributed by atoms with E-state index < -0.39 is 10.0 Å². The van der Waals surface area contributed by atoms with E-state index in [1.165, 1.54) is 18.2 Å². The molecule has 1 heterocycles. The Morgan fingerprint density at radius 1 is 1.26 bits per heavy atom. The Hall–Kier alpha value is -1.38. The van der Waals surface area contributed by atoms with Crippen molar-refractivity contribution < 1.29 is 8.42 Å². The molecule has 1 aromatic carbocycles. The Kier molecular flexibility index (Phi) is 3.93. The maximum atomic E-state index is 12.1.